The lowest BCUT2D eigenvalue weighted by molar-refractivity contribution is -0.145. The van der Waals surface area contributed by atoms with Crippen LogP contribution >= 0.6 is 11.6 Å². The Hall–Kier alpha value is -2.01. The van der Waals surface area contributed by atoms with Crippen LogP contribution in [-0.4, -0.2) is 29.0 Å². The molecule has 2 aliphatic rings. The molecule has 5 nitrogen and oxygen atoms in total. The quantitative estimate of drug-likeness (QED) is 0.524. The lowest BCUT2D eigenvalue weighted by atomic mass is 9.82. The number of ether oxygens (including phenoxy) is 1. The second-order valence-corrected chi connectivity index (χ2v) is 10.2. The summed E-state index contributed by atoms with van der Waals surface area (Å²) < 4.78 is 5.82. The molecular weight excluding hydrogens is 412 g/mol. The van der Waals surface area contributed by atoms with E-state index >= 15 is 0 Å². The van der Waals surface area contributed by atoms with Crippen molar-refractivity contribution >= 4 is 34.4 Å². The van der Waals surface area contributed by atoms with Gasteiger partial charge in [0.05, 0.1) is 17.5 Å². The number of amides is 1. The van der Waals surface area contributed by atoms with Crippen LogP contribution in [0.15, 0.2) is 24.4 Å². The van der Waals surface area contributed by atoms with Gasteiger partial charge in [0.25, 0.3) is 5.91 Å². The van der Waals surface area contributed by atoms with Crippen LogP contribution in [-0.2, 0) is 9.53 Å². The molecule has 168 valence electrons. The molecule has 0 radical (unpaired) electrons. The van der Waals surface area contributed by atoms with Crippen molar-refractivity contribution in [2.24, 2.45) is 17.8 Å². The third kappa shape index (κ3) is 5.25. The molecule has 2 fully saturated rings. The highest BCUT2D eigenvalue weighted by Gasteiger charge is 2.40. The van der Waals surface area contributed by atoms with Crippen LogP contribution in [0.1, 0.15) is 75.6 Å². The highest BCUT2D eigenvalue weighted by atomic mass is 35.5. The molecule has 2 N–H and O–H groups in total. The summed E-state index contributed by atoms with van der Waals surface area (Å²) in [4.78, 5) is 28.9. The van der Waals surface area contributed by atoms with E-state index in [2.05, 4.69) is 24.1 Å². The predicted molar refractivity (Wildman–Crippen MR) is 123 cm³/mol. The largest absolute Gasteiger partial charge is 0.460 e. The molecule has 2 heterocycles. The summed E-state index contributed by atoms with van der Waals surface area (Å²) in [6, 6.07) is 5.33. The Morgan fingerprint density at radius 3 is 2.74 bits per heavy atom. The molecule has 1 aromatic heterocycles. The van der Waals surface area contributed by atoms with Gasteiger partial charge >= 0.3 is 5.97 Å². The zero-order valence-corrected chi connectivity index (χ0v) is 19.2. The molecule has 0 bridgehead atoms. The van der Waals surface area contributed by atoms with Gasteiger partial charge in [0.2, 0.25) is 0 Å². The smallest absolute Gasteiger partial charge is 0.309 e. The second kappa shape index (κ2) is 9.64. The Morgan fingerprint density at radius 2 is 2.00 bits per heavy atom. The van der Waals surface area contributed by atoms with Gasteiger partial charge in [-0.05, 0) is 49.3 Å². The van der Waals surface area contributed by atoms with Gasteiger partial charge in [-0.3, -0.25) is 9.59 Å². The first kappa shape index (κ1) is 22.2. The number of aromatic nitrogens is 1. The Kier molecular flexibility index (Phi) is 6.90. The average molecular weight is 445 g/mol. The molecule has 31 heavy (non-hydrogen) atoms. The Bertz CT molecular complexity index is 932. The van der Waals surface area contributed by atoms with Crippen LogP contribution in [0.25, 0.3) is 10.9 Å². The third-order valence-electron chi connectivity index (χ3n) is 6.84. The van der Waals surface area contributed by atoms with E-state index in [4.69, 9.17) is 16.3 Å². The Morgan fingerprint density at radius 1 is 1.23 bits per heavy atom. The normalized spacial score (nSPS) is 23.3. The molecule has 6 heteroatoms. The van der Waals surface area contributed by atoms with Crippen molar-refractivity contribution in [1.29, 1.82) is 0 Å². The molecule has 0 spiro atoms. The summed E-state index contributed by atoms with van der Waals surface area (Å²) >= 11 is 6.16. The average Bonchev–Trinajstić information content (AvgIpc) is 3.31. The molecule has 1 aliphatic carbocycles. The van der Waals surface area contributed by atoms with Crippen LogP contribution in [0.4, 0.5) is 0 Å². The number of H-pyrrole nitrogens is 1. The predicted octanol–water partition coefficient (Wildman–Crippen LogP) is 5.87. The standard InChI is InChI=1S/C25H33ClN2O3/c1-15(2)10-17-12-23(31-25(17)30)22(11-16-6-4-3-5-7-16)28-24(29)20-14-27-21-9-8-18(26)13-19(20)21/h8-9,13-17,22-23,27H,3-7,10-12H2,1-2H3,(H,28,29)/t17-,22+,23+/m1/s1. The number of benzene rings is 1. The van der Waals surface area contributed by atoms with Crippen molar-refractivity contribution in [2.45, 2.75) is 77.4 Å². The van der Waals surface area contributed by atoms with E-state index in [9.17, 15) is 9.59 Å². The number of cyclic esters (lactones) is 1. The summed E-state index contributed by atoms with van der Waals surface area (Å²) in [5.41, 5.74) is 1.46. The SMILES string of the molecule is CC(C)C[C@@H]1C[C@@H]([C@H](CC2CCCCC2)NC(=O)c2c[nH]c3ccc(Cl)cc23)OC1=O. The fourth-order valence-corrected chi connectivity index (χ4v) is 5.46. The Balaban J connectivity index is 1.53. The van der Waals surface area contributed by atoms with Gasteiger partial charge in [-0.25, -0.2) is 0 Å². The topological polar surface area (TPSA) is 71.2 Å². The van der Waals surface area contributed by atoms with Gasteiger partial charge in [-0.15, -0.1) is 0 Å². The fourth-order valence-electron chi connectivity index (χ4n) is 5.29. The molecule has 1 aliphatic heterocycles. The summed E-state index contributed by atoms with van der Waals surface area (Å²) in [6.45, 7) is 4.26. The number of carbonyl (C=O) groups is 2. The first-order valence-electron chi connectivity index (χ1n) is 11.7. The molecule has 1 aromatic carbocycles. The van der Waals surface area contributed by atoms with Gasteiger partial charge in [-0.1, -0.05) is 57.6 Å². The van der Waals surface area contributed by atoms with Crippen molar-refractivity contribution in [3.63, 3.8) is 0 Å². The van der Waals surface area contributed by atoms with E-state index in [1.807, 2.05) is 12.1 Å². The summed E-state index contributed by atoms with van der Waals surface area (Å²) in [6.07, 6.45) is 10.0. The number of hydrogen-bond donors (Lipinski definition) is 2. The van der Waals surface area contributed by atoms with Crippen LogP contribution in [0.3, 0.4) is 0 Å². The van der Waals surface area contributed by atoms with E-state index in [0.29, 0.717) is 28.8 Å². The molecule has 1 saturated heterocycles. The van der Waals surface area contributed by atoms with Crippen LogP contribution in [0.5, 0.6) is 0 Å². The zero-order valence-electron chi connectivity index (χ0n) is 18.5. The van der Waals surface area contributed by atoms with Gasteiger partial charge < -0.3 is 15.0 Å². The molecule has 2 aromatic rings. The number of hydrogen-bond acceptors (Lipinski definition) is 3. The maximum atomic E-state index is 13.3. The van der Waals surface area contributed by atoms with Gasteiger partial charge in [0, 0.05) is 22.1 Å². The first-order chi connectivity index (χ1) is 14.9. The summed E-state index contributed by atoms with van der Waals surface area (Å²) in [7, 11) is 0. The van der Waals surface area contributed by atoms with E-state index in [0.717, 1.165) is 23.7 Å². The fraction of sp³-hybridized carbons (Fsp3) is 0.600. The minimum absolute atomic E-state index is 0.0670. The Labute approximate surface area is 189 Å². The minimum atomic E-state index is -0.254. The first-order valence-corrected chi connectivity index (χ1v) is 12.1. The minimum Gasteiger partial charge on any atom is -0.460 e. The van der Waals surface area contributed by atoms with Crippen molar-refractivity contribution in [1.82, 2.24) is 10.3 Å². The highest BCUT2D eigenvalue weighted by Crippen LogP contribution is 2.34. The van der Waals surface area contributed by atoms with Gasteiger partial charge in [0.15, 0.2) is 0 Å². The number of halogens is 1. The lowest BCUT2D eigenvalue weighted by Gasteiger charge is -2.30. The zero-order chi connectivity index (χ0) is 22.0. The summed E-state index contributed by atoms with van der Waals surface area (Å²) in [5, 5.41) is 4.64. The van der Waals surface area contributed by atoms with Crippen molar-refractivity contribution in [2.75, 3.05) is 0 Å². The highest BCUT2D eigenvalue weighted by molar-refractivity contribution is 6.31. The third-order valence-corrected chi connectivity index (χ3v) is 7.07. The van der Waals surface area contributed by atoms with Crippen LogP contribution in [0, 0.1) is 17.8 Å². The number of carbonyl (C=O) groups excluding carboxylic acids is 2. The van der Waals surface area contributed by atoms with Crippen molar-refractivity contribution in [3.05, 3.63) is 35.0 Å². The van der Waals surface area contributed by atoms with E-state index in [1.165, 1.54) is 32.1 Å². The lowest BCUT2D eigenvalue weighted by Crippen LogP contribution is -2.44. The molecular formula is C25H33ClN2O3. The maximum Gasteiger partial charge on any atom is 0.309 e. The van der Waals surface area contributed by atoms with Crippen molar-refractivity contribution in [3.8, 4) is 0 Å². The molecule has 0 unspecified atom stereocenters. The van der Waals surface area contributed by atoms with Crippen LogP contribution < -0.4 is 5.32 Å². The van der Waals surface area contributed by atoms with Crippen molar-refractivity contribution < 1.29 is 14.3 Å². The number of esters is 1. The number of fused-ring (bicyclic) bond motifs is 1. The maximum absolute atomic E-state index is 13.3. The number of aromatic amines is 1. The van der Waals surface area contributed by atoms with Gasteiger partial charge in [-0.2, -0.15) is 0 Å². The van der Waals surface area contributed by atoms with E-state index in [1.54, 1.807) is 12.3 Å². The molecule has 1 amide bonds. The second-order valence-electron chi connectivity index (χ2n) is 9.75. The molecule has 1 saturated carbocycles. The number of rotatable bonds is 7. The monoisotopic (exact) mass is 444 g/mol. The molecule has 3 atom stereocenters. The molecule has 4 rings (SSSR count). The van der Waals surface area contributed by atoms with Crippen LogP contribution in [0.2, 0.25) is 5.02 Å². The van der Waals surface area contributed by atoms with E-state index < -0.39 is 0 Å². The number of nitrogens with one attached hydrogen (secondary N) is 2. The van der Waals surface area contributed by atoms with Gasteiger partial charge in [0.1, 0.15) is 6.10 Å². The van der Waals surface area contributed by atoms with E-state index in [-0.39, 0.29) is 29.9 Å². The summed E-state index contributed by atoms with van der Waals surface area (Å²) in [5.74, 6) is 0.693.